The van der Waals surface area contributed by atoms with Crippen LogP contribution in [-0.2, 0) is 16.6 Å². The van der Waals surface area contributed by atoms with Gasteiger partial charge in [0.15, 0.2) is 0 Å². The molecule has 0 fully saturated rings. The van der Waals surface area contributed by atoms with Gasteiger partial charge in [-0.2, -0.15) is 0 Å². The second kappa shape index (κ2) is 5.85. The number of hydrogen-bond donors (Lipinski definition) is 1. The molecular formula is C16H22O2. The highest BCUT2D eigenvalue weighted by molar-refractivity contribution is 5.81. The van der Waals surface area contributed by atoms with Crippen LogP contribution in [-0.4, -0.2) is 11.1 Å². The first kappa shape index (κ1) is 14.5. The van der Waals surface area contributed by atoms with E-state index >= 15 is 0 Å². The number of hydrogen-bond acceptors (Lipinski definition) is 1. The van der Waals surface area contributed by atoms with Gasteiger partial charge in [-0.3, -0.25) is 4.79 Å². The molecule has 1 unspecified atom stereocenters. The molecule has 0 saturated carbocycles. The molecular weight excluding hydrogens is 224 g/mol. The van der Waals surface area contributed by atoms with E-state index in [1.165, 1.54) is 5.56 Å². The zero-order chi connectivity index (χ0) is 13.8. The topological polar surface area (TPSA) is 37.3 Å². The summed E-state index contributed by atoms with van der Waals surface area (Å²) in [6.07, 6.45) is 3.12. The van der Waals surface area contributed by atoms with Gasteiger partial charge < -0.3 is 5.11 Å². The van der Waals surface area contributed by atoms with Gasteiger partial charge in [-0.1, -0.05) is 44.2 Å². The van der Waals surface area contributed by atoms with Gasteiger partial charge in [-0.05, 0) is 36.8 Å². The first-order valence-corrected chi connectivity index (χ1v) is 6.34. The third-order valence-corrected chi connectivity index (χ3v) is 3.26. The van der Waals surface area contributed by atoms with Crippen LogP contribution in [0.25, 0.3) is 0 Å². The zero-order valence-electron chi connectivity index (χ0n) is 11.4. The van der Waals surface area contributed by atoms with Crippen molar-refractivity contribution in [3.63, 3.8) is 0 Å². The predicted octanol–water partition coefficient (Wildman–Crippen LogP) is 3.80. The Morgan fingerprint density at radius 1 is 1.39 bits per heavy atom. The summed E-state index contributed by atoms with van der Waals surface area (Å²) in [6.45, 7) is 9.74. The van der Waals surface area contributed by atoms with Crippen LogP contribution in [0.3, 0.4) is 0 Å². The van der Waals surface area contributed by atoms with E-state index in [4.69, 9.17) is 0 Å². The maximum Gasteiger partial charge on any atom is 0.314 e. The van der Waals surface area contributed by atoms with Crippen LogP contribution in [0.2, 0.25) is 0 Å². The summed E-state index contributed by atoms with van der Waals surface area (Å²) in [4.78, 5) is 11.4. The highest BCUT2D eigenvalue weighted by Gasteiger charge is 2.33. The maximum atomic E-state index is 11.4. The van der Waals surface area contributed by atoms with Crippen LogP contribution in [0, 0.1) is 5.92 Å². The van der Waals surface area contributed by atoms with Gasteiger partial charge in [-0.15, -0.1) is 6.58 Å². The van der Waals surface area contributed by atoms with E-state index in [1.807, 2.05) is 24.3 Å². The molecule has 1 rings (SSSR count). The number of benzene rings is 1. The van der Waals surface area contributed by atoms with Crippen molar-refractivity contribution in [3.8, 4) is 0 Å². The molecule has 0 radical (unpaired) electrons. The van der Waals surface area contributed by atoms with E-state index in [-0.39, 0.29) is 0 Å². The molecule has 1 aromatic rings. The number of allylic oxidation sites excluding steroid dienone is 1. The van der Waals surface area contributed by atoms with Crippen molar-refractivity contribution in [2.45, 2.75) is 39.0 Å². The summed E-state index contributed by atoms with van der Waals surface area (Å²) in [7, 11) is 0. The predicted molar refractivity (Wildman–Crippen MR) is 74.8 cm³/mol. The second-order valence-electron chi connectivity index (χ2n) is 5.42. The molecule has 0 spiro atoms. The lowest BCUT2D eigenvalue weighted by Crippen LogP contribution is -2.31. The molecule has 1 atom stereocenters. The molecule has 0 aliphatic rings. The Morgan fingerprint density at radius 3 is 2.33 bits per heavy atom. The van der Waals surface area contributed by atoms with Crippen molar-refractivity contribution in [1.82, 2.24) is 0 Å². The smallest absolute Gasteiger partial charge is 0.314 e. The number of carboxylic acids is 1. The standard InChI is InChI=1S/C16H22O2/c1-5-10-16(4,15(17)18)14-8-6-13(7-9-14)11-12(2)3/h5-9,12H,1,10-11H2,2-4H3,(H,17,18). The molecule has 18 heavy (non-hydrogen) atoms. The van der Waals surface area contributed by atoms with Crippen LogP contribution in [0.1, 0.15) is 38.3 Å². The summed E-state index contributed by atoms with van der Waals surface area (Å²) >= 11 is 0. The largest absolute Gasteiger partial charge is 0.481 e. The van der Waals surface area contributed by atoms with Gasteiger partial charge >= 0.3 is 5.97 Å². The highest BCUT2D eigenvalue weighted by Crippen LogP contribution is 2.29. The van der Waals surface area contributed by atoms with E-state index in [2.05, 4.69) is 20.4 Å². The summed E-state index contributed by atoms with van der Waals surface area (Å²) in [6, 6.07) is 7.91. The van der Waals surface area contributed by atoms with Crippen molar-refractivity contribution < 1.29 is 9.90 Å². The Hall–Kier alpha value is -1.57. The van der Waals surface area contributed by atoms with E-state index < -0.39 is 11.4 Å². The number of carbonyl (C=O) groups is 1. The van der Waals surface area contributed by atoms with Crippen molar-refractivity contribution in [2.75, 3.05) is 0 Å². The lowest BCUT2D eigenvalue weighted by molar-refractivity contribution is -0.143. The summed E-state index contributed by atoms with van der Waals surface area (Å²) < 4.78 is 0. The molecule has 0 saturated heterocycles. The van der Waals surface area contributed by atoms with E-state index in [1.54, 1.807) is 13.0 Å². The lowest BCUT2D eigenvalue weighted by atomic mass is 9.79. The first-order valence-electron chi connectivity index (χ1n) is 6.34. The van der Waals surface area contributed by atoms with Crippen molar-refractivity contribution >= 4 is 5.97 Å². The number of rotatable bonds is 6. The maximum absolute atomic E-state index is 11.4. The summed E-state index contributed by atoms with van der Waals surface area (Å²) in [5.41, 5.74) is 1.21. The van der Waals surface area contributed by atoms with Gasteiger partial charge in [-0.25, -0.2) is 0 Å². The molecule has 0 aromatic heterocycles. The highest BCUT2D eigenvalue weighted by atomic mass is 16.4. The molecule has 0 heterocycles. The van der Waals surface area contributed by atoms with Crippen LogP contribution < -0.4 is 0 Å². The molecule has 2 nitrogen and oxygen atoms in total. The Balaban J connectivity index is 3.01. The monoisotopic (exact) mass is 246 g/mol. The van der Waals surface area contributed by atoms with Crippen LogP contribution in [0.4, 0.5) is 0 Å². The summed E-state index contributed by atoms with van der Waals surface area (Å²) in [5.74, 6) is -0.200. The van der Waals surface area contributed by atoms with Gasteiger partial charge in [0, 0.05) is 0 Å². The molecule has 98 valence electrons. The Labute approximate surface area is 109 Å². The molecule has 1 aromatic carbocycles. The van der Waals surface area contributed by atoms with Gasteiger partial charge in [0.05, 0.1) is 5.41 Å². The Bertz CT molecular complexity index is 417. The SMILES string of the molecule is C=CCC(C)(C(=O)O)c1ccc(CC(C)C)cc1. The quantitative estimate of drug-likeness (QED) is 0.775. The average Bonchev–Trinajstić information content (AvgIpc) is 2.29. The normalized spacial score (nSPS) is 14.2. The molecule has 0 amide bonds. The van der Waals surface area contributed by atoms with Crippen LogP contribution >= 0.6 is 0 Å². The lowest BCUT2D eigenvalue weighted by Gasteiger charge is -2.24. The zero-order valence-corrected chi connectivity index (χ0v) is 11.4. The van der Waals surface area contributed by atoms with E-state index in [9.17, 15) is 9.90 Å². The van der Waals surface area contributed by atoms with E-state index in [0.29, 0.717) is 12.3 Å². The number of aliphatic carboxylic acids is 1. The van der Waals surface area contributed by atoms with Gasteiger partial charge in [0.25, 0.3) is 0 Å². The van der Waals surface area contributed by atoms with Crippen molar-refractivity contribution in [1.29, 1.82) is 0 Å². The van der Waals surface area contributed by atoms with Crippen molar-refractivity contribution in [3.05, 3.63) is 48.0 Å². The number of carboxylic acid groups (broad SMARTS) is 1. The minimum atomic E-state index is -0.877. The molecule has 2 heteroatoms. The van der Waals surface area contributed by atoms with Crippen LogP contribution in [0.5, 0.6) is 0 Å². The molecule has 0 aliphatic carbocycles. The Kier molecular flexibility index (Phi) is 4.71. The van der Waals surface area contributed by atoms with Gasteiger partial charge in [0.2, 0.25) is 0 Å². The fraction of sp³-hybridized carbons (Fsp3) is 0.438. The summed E-state index contributed by atoms with van der Waals surface area (Å²) in [5, 5.41) is 9.38. The fourth-order valence-electron chi connectivity index (χ4n) is 2.10. The third-order valence-electron chi connectivity index (χ3n) is 3.26. The fourth-order valence-corrected chi connectivity index (χ4v) is 2.10. The van der Waals surface area contributed by atoms with E-state index in [0.717, 1.165) is 12.0 Å². The minimum Gasteiger partial charge on any atom is -0.481 e. The minimum absolute atomic E-state index is 0.436. The molecule has 1 N–H and O–H groups in total. The second-order valence-corrected chi connectivity index (χ2v) is 5.42. The first-order chi connectivity index (χ1) is 8.40. The van der Waals surface area contributed by atoms with Gasteiger partial charge in [0.1, 0.15) is 0 Å². The third kappa shape index (κ3) is 3.22. The average molecular weight is 246 g/mol. The van der Waals surface area contributed by atoms with Crippen molar-refractivity contribution in [2.24, 2.45) is 5.92 Å². The van der Waals surface area contributed by atoms with Crippen LogP contribution in [0.15, 0.2) is 36.9 Å². The Morgan fingerprint density at radius 2 is 1.94 bits per heavy atom. The molecule has 0 bridgehead atoms. The molecule has 0 aliphatic heterocycles.